The Morgan fingerprint density at radius 3 is 2.70 bits per heavy atom. The van der Waals surface area contributed by atoms with Crippen LogP contribution in [0.3, 0.4) is 0 Å². The van der Waals surface area contributed by atoms with Gasteiger partial charge in [-0.1, -0.05) is 0 Å². The minimum Gasteiger partial charge on any atom is -0.486 e. The summed E-state index contributed by atoms with van der Waals surface area (Å²) < 4.78 is 38.7. The largest absolute Gasteiger partial charge is 0.486 e. The normalized spacial score (nSPS) is 22.0. The summed E-state index contributed by atoms with van der Waals surface area (Å²) >= 11 is 0. The molecule has 0 bridgehead atoms. The van der Waals surface area contributed by atoms with Crippen LogP contribution >= 0.6 is 12.4 Å². The molecule has 23 heavy (non-hydrogen) atoms. The van der Waals surface area contributed by atoms with Crippen molar-refractivity contribution in [3.8, 4) is 11.5 Å². The van der Waals surface area contributed by atoms with Crippen molar-refractivity contribution in [2.45, 2.75) is 30.7 Å². The highest BCUT2D eigenvalue weighted by atomic mass is 35.5. The zero-order valence-electron chi connectivity index (χ0n) is 13.1. The fourth-order valence-corrected chi connectivity index (χ4v) is 4.23. The van der Waals surface area contributed by atoms with Crippen molar-refractivity contribution in [1.29, 1.82) is 0 Å². The number of nitrogens with one attached hydrogen (secondary N) is 2. The molecular weight excluding hydrogens is 340 g/mol. The Morgan fingerprint density at radius 2 is 2.00 bits per heavy atom. The van der Waals surface area contributed by atoms with E-state index in [2.05, 4.69) is 10.0 Å². The molecule has 0 radical (unpaired) electrons. The molecule has 2 N–H and O–H groups in total. The van der Waals surface area contributed by atoms with Gasteiger partial charge in [-0.2, -0.15) is 0 Å². The predicted octanol–water partition coefficient (Wildman–Crippen LogP) is 1.55. The summed E-state index contributed by atoms with van der Waals surface area (Å²) in [5, 5.41) is 3.31. The summed E-state index contributed by atoms with van der Waals surface area (Å²) in [6.07, 6.45) is 2.12. The van der Waals surface area contributed by atoms with E-state index in [4.69, 9.17) is 9.47 Å². The maximum Gasteiger partial charge on any atom is 0.240 e. The van der Waals surface area contributed by atoms with E-state index in [0.717, 1.165) is 25.9 Å². The lowest BCUT2D eigenvalue weighted by atomic mass is 9.94. The van der Waals surface area contributed by atoms with Crippen LogP contribution in [0.5, 0.6) is 11.5 Å². The van der Waals surface area contributed by atoms with Crippen molar-refractivity contribution >= 4 is 22.4 Å². The van der Waals surface area contributed by atoms with E-state index in [1.165, 1.54) is 6.07 Å². The van der Waals surface area contributed by atoms with E-state index in [9.17, 15) is 8.42 Å². The van der Waals surface area contributed by atoms with Crippen LogP contribution in [0.15, 0.2) is 23.1 Å². The van der Waals surface area contributed by atoms with Crippen LogP contribution in [-0.4, -0.2) is 40.8 Å². The van der Waals surface area contributed by atoms with Gasteiger partial charge >= 0.3 is 0 Å². The maximum atomic E-state index is 12.5. The average Bonchev–Trinajstić information content (AvgIpc) is 2.55. The number of fused-ring (bicyclic) bond motifs is 1. The molecule has 1 aromatic carbocycles. The third-order valence-corrected chi connectivity index (χ3v) is 5.76. The van der Waals surface area contributed by atoms with Gasteiger partial charge in [0, 0.05) is 12.1 Å². The number of piperidine rings is 1. The molecule has 130 valence electrons. The van der Waals surface area contributed by atoms with Crippen molar-refractivity contribution in [1.82, 2.24) is 10.0 Å². The molecule has 2 aliphatic heterocycles. The van der Waals surface area contributed by atoms with Gasteiger partial charge in [-0.25, -0.2) is 13.1 Å². The summed E-state index contributed by atoms with van der Waals surface area (Å²) in [6.45, 7) is 4.72. The number of benzene rings is 1. The van der Waals surface area contributed by atoms with E-state index in [1.807, 2.05) is 6.92 Å². The minimum absolute atomic E-state index is 0. The molecule has 3 rings (SSSR count). The zero-order chi connectivity index (χ0) is 15.6. The lowest BCUT2D eigenvalue weighted by Gasteiger charge is -2.28. The fourth-order valence-electron chi connectivity index (χ4n) is 2.91. The third-order valence-electron chi connectivity index (χ3n) is 4.21. The molecule has 0 aliphatic carbocycles. The summed E-state index contributed by atoms with van der Waals surface area (Å²) in [6, 6.07) is 4.63. The van der Waals surface area contributed by atoms with Gasteiger partial charge in [0.2, 0.25) is 10.0 Å². The van der Waals surface area contributed by atoms with E-state index in [0.29, 0.717) is 30.6 Å². The summed E-state index contributed by atoms with van der Waals surface area (Å²) in [5.41, 5.74) is 0. The second-order valence-electron chi connectivity index (χ2n) is 5.82. The molecule has 1 aromatic rings. The number of hydrogen-bond donors (Lipinski definition) is 2. The second-order valence-corrected chi connectivity index (χ2v) is 7.54. The summed E-state index contributed by atoms with van der Waals surface area (Å²) in [7, 11) is -3.56. The monoisotopic (exact) mass is 362 g/mol. The van der Waals surface area contributed by atoms with Gasteiger partial charge in [-0.3, -0.25) is 0 Å². The van der Waals surface area contributed by atoms with E-state index >= 15 is 0 Å². The number of sulfonamides is 1. The highest BCUT2D eigenvalue weighted by molar-refractivity contribution is 7.89. The lowest BCUT2D eigenvalue weighted by Crippen LogP contribution is -2.44. The van der Waals surface area contributed by atoms with Crippen molar-refractivity contribution in [3.63, 3.8) is 0 Å². The highest BCUT2D eigenvalue weighted by Crippen LogP contribution is 2.32. The van der Waals surface area contributed by atoms with Crippen LogP contribution in [0.4, 0.5) is 0 Å². The Morgan fingerprint density at radius 1 is 1.26 bits per heavy atom. The van der Waals surface area contributed by atoms with Crippen LogP contribution in [0, 0.1) is 5.92 Å². The Balaban J connectivity index is 0.00000192. The number of ether oxygens (including phenoxy) is 2. The molecule has 0 spiro atoms. The van der Waals surface area contributed by atoms with E-state index < -0.39 is 10.0 Å². The standard InChI is InChI=1S/C15H22N2O4S.ClH/c1-11(12-3-2-6-16-10-12)17-22(18,19)13-4-5-14-15(9-13)21-8-7-20-14;/h4-5,9,11-12,16-17H,2-3,6-8,10H2,1H3;1H. The smallest absolute Gasteiger partial charge is 0.240 e. The molecule has 1 fully saturated rings. The first kappa shape index (κ1) is 18.3. The quantitative estimate of drug-likeness (QED) is 0.849. The van der Waals surface area contributed by atoms with Crippen LogP contribution in [0.2, 0.25) is 0 Å². The predicted molar refractivity (Wildman–Crippen MR) is 90.1 cm³/mol. The van der Waals surface area contributed by atoms with Gasteiger partial charge in [0.05, 0.1) is 4.90 Å². The van der Waals surface area contributed by atoms with Crippen molar-refractivity contribution in [2.75, 3.05) is 26.3 Å². The number of hydrogen-bond acceptors (Lipinski definition) is 5. The minimum atomic E-state index is -3.56. The van der Waals surface area contributed by atoms with Gasteiger partial charge in [-0.15, -0.1) is 12.4 Å². The van der Waals surface area contributed by atoms with Gasteiger partial charge in [0.1, 0.15) is 13.2 Å². The molecule has 2 aliphatic rings. The second kappa shape index (κ2) is 7.70. The molecular formula is C15H23ClN2O4S. The third kappa shape index (κ3) is 4.29. The first-order chi connectivity index (χ1) is 10.6. The Bertz CT molecular complexity index is 632. The molecule has 2 atom stereocenters. The highest BCUT2D eigenvalue weighted by Gasteiger charge is 2.26. The number of rotatable bonds is 4. The molecule has 1 saturated heterocycles. The van der Waals surface area contributed by atoms with Crippen LogP contribution in [0.1, 0.15) is 19.8 Å². The maximum absolute atomic E-state index is 12.5. The van der Waals surface area contributed by atoms with Gasteiger partial charge in [0.15, 0.2) is 11.5 Å². The van der Waals surface area contributed by atoms with Crippen molar-refractivity contribution in [2.24, 2.45) is 5.92 Å². The Hall–Kier alpha value is -1.02. The van der Waals surface area contributed by atoms with Crippen LogP contribution in [0.25, 0.3) is 0 Å². The van der Waals surface area contributed by atoms with Crippen LogP contribution < -0.4 is 19.5 Å². The molecule has 2 unspecified atom stereocenters. The SMILES string of the molecule is CC(NS(=O)(=O)c1ccc2c(c1)OCCO2)C1CCCNC1.Cl. The van der Waals surface area contributed by atoms with Gasteiger partial charge in [-0.05, 0) is 50.9 Å². The zero-order valence-corrected chi connectivity index (χ0v) is 14.7. The molecule has 0 amide bonds. The Labute approximate surface area is 143 Å². The van der Waals surface area contributed by atoms with E-state index in [-0.39, 0.29) is 23.3 Å². The first-order valence-electron chi connectivity index (χ1n) is 7.69. The molecule has 2 heterocycles. The van der Waals surface area contributed by atoms with Gasteiger partial charge < -0.3 is 14.8 Å². The van der Waals surface area contributed by atoms with E-state index in [1.54, 1.807) is 12.1 Å². The summed E-state index contributed by atoms with van der Waals surface area (Å²) in [5.74, 6) is 1.40. The molecule has 0 saturated carbocycles. The first-order valence-corrected chi connectivity index (χ1v) is 9.17. The van der Waals surface area contributed by atoms with Crippen molar-refractivity contribution < 1.29 is 17.9 Å². The number of halogens is 1. The molecule has 0 aromatic heterocycles. The Kier molecular flexibility index (Phi) is 6.13. The average molecular weight is 363 g/mol. The molecule has 8 heteroatoms. The molecule has 6 nitrogen and oxygen atoms in total. The summed E-state index contributed by atoms with van der Waals surface area (Å²) in [4.78, 5) is 0.215. The topological polar surface area (TPSA) is 76.7 Å². The van der Waals surface area contributed by atoms with Crippen molar-refractivity contribution in [3.05, 3.63) is 18.2 Å². The fraction of sp³-hybridized carbons (Fsp3) is 0.600. The lowest BCUT2D eigenvalue weighted by molar-refractivity contribution is 0.171. The van der Waals surface area contributed by atoms with Gasteiger partial charge in [0.25, 0.3) is 0 Å². The van der Waals surface area contributed by atoms with Crippen LogP contribution in [-0.2, 0) is 10.0 Å².